The van der Waals surface area contributed by atoms with E-state index in [2.05, 4.69) is 10.0 Å². The maximum absolute atomic E-state index is 12.5. The quantitative estimate of drug-likeness (QED) is 0.407. The molecule has 1 atom stereocenters. The first-order chi connectivity index (χ1) is 14.8. The van der Waals surface area contributed by atoms with Crippen LogP contribution in [-0.4, -0.2) is 25.8 Å². The Bertz CT molecular complexity index is 1180. The summed E-state index contributed by atoms with van der Waals surface area (Å²) in [6, 6.07) is 20.5. The molecule has 1 unspecified atom stereocenters. The Kier molecular flexibility index (Phi) is 6.66. The van der Waals surface area contributed by atoms with Crippen LogP contribution in [0.2, 0.25) is 0 Å². The Hall–Kier alpha value is -3.72. The molecule has 3 aromatic rings. The van der Waals surface area contributed by atoms with Crippen LogP contribution in [0.15, 0.2) is 83.8 Å². The highest BCUT2D eigenvalue weighted by atomic mass is 32.2. The zero-order chi connectivity index (χ0) is 22.4. The summed E-state index contributed by atoms with van der Waals surface area (Å²) < 4.78 is 27.3. The molecule has 8 nitrogen and oxygen atoms in total. The lowest BCUT2D eigenvalue weighted by Crippen LogP contribution is -2.27. The van der Waals surface area contributed by atoms with Gasteiger partial charge in [0, 0.05) is 29.9 Å². The highest BCUT2D eigenvalue weighted by Gasteiger charge is 2.18. The normalized spacial score (nSPS) is 12.0. The molecule has 0 aliphatic carbocycles. The number of nitro groups is 1. The molecular weight excluding hydrogens is 418 g/mol. The van der Waals surface area contributed by atoms with Gasteiger partial charge in [0.05, 0.1) is 9.82 Å². The van der Waals surface area contributed by atoms with Gasteiger partial charge in [0.25, 0.3) is 21.6 Å². The van der Waals surface area contributed by atoms with Crippen molar-refractivity contribution in [3.8, 4) is 0 Å². The van der Waals surface area contributed by atoms with Crippen molar-refractivity contribution in [3.05, 3.63) is 100 Å². The van der Waals surface area contributed by atoms with Crippen molar-refractivity contribution in [1.29, 1.82) is 0 Å². The highest BCUT2D eigenvalue weighted by Crippen LogP contribution is 2.21. The van der Waals surface area contributed by atoms with Crippen molar-refractivity contribution >= 4 is 27.3 Å². The van der Waals surface area contributed by atoms with Gasteiger partial charge in [0.1, 0.15) is 0 Å². The van der Waals surface area contributed by atoms with E-state index in [1.807, 2.05) is 37.3 Å². The van der Waals surface area contributed by atoms with Gasteiger partial charge >= 0.3 is 0 Å². The Morgan fingerprint density at radius 1 is 1.00 bits per heavy atom. The molecule has 9 heteroatoms. The molecular formula is C22H21N3O5S. The van der Waals surface area contributed by atoms with E-state index in [0.29, 0.717) is 12.1 Å². The summed E-state index contributed by atoms with van der Waals surface area (Å²) >= 11 is 0. The summed E-state index contributed by atoms with van der Waals surface area (Å²) in [6.45, 7) is 2.48. The summed E-state index contributed by atoms with van der Waals surface area (Å²) in [7, 11) is -4.01. The number of nitro benzene ring substituents is 1. The van der Waals surface area contributed by atoms with Crippen LogP contribution in [0.25, 0.3) is 0 Å². The van der Waals surface area contributed by atoms with Gasteiger partial charge in [-0.3, -0.25) is 19.6 Å². The Balaban J connectivity index is 1.63. The van der Waals surface area contributed by atoms with Gasteiger partial charge in [-0.15, -0.1) is 0 Å². The number of carbonyl (C=O) groups excluding carboxylic acids is 1. The maximum Gasteiger partial charge on any atom is 0.270 e. The number of amides is 1. The summed E-state index contributed by atoms with van der Waals surface area (Å²) in [4.78, 5) is 22.4. The highest BCUT2D eigenvalue weighted by molar-refractivity contribution is 7.92. The van der Waals surface area contributed by atoms with Gasteiger partial charge in [-0.05, 0) is 41.8 Å². The average Bonchev–Trinajstić information content (AvgIpc) is 2.78. The van der Waals surface area contributed by atoms with Crippen molar-refractivity contribution in [2.75, 3.05) is 11.3 Å². The summed E-state index contributed by atoms with van der Waals surface area (Å²) in [5.74, 6) is -0.123. The molecule has 0 aliphatic rings. The number of nitrogens with zero attached hydrogens (tertiary/aromatic N) is 1. The Labute approximate surface area is 180 Å². The Morgan fingerprint density at radius 2 is 1.68 bits per heavy atom. The molecule has 0 fully saturated rings. The van der Waals surface area contributed by atoms with Crippen molar-refractivity contribution in [2.45, 2.75) is 17.7 Å². The number of anilines is 1. The lowest BCUT2D eigenvalue weighted by Gasteiger charge is -2.13. The third-order valence-electron chi connectivity index (χ3n) is 4.68. The number of carbonyl (C=O) groups is 1. The van der Waals surface area contributed by atoms with Gasteiger partial charge in [-0.1, -0.05) is 43.3 Å². The van der Waals surface area contributed by atoms with Gasteiger partial charge in [-0.25, -0.2) is 8.42 Å². The molecule has 0 aliphatic heterocycles. The predicted molar refractivity (Wildman–Crippen MR) is 118 cm³/mol. The van der Waals surface area contributed by atoms with Crippen LogP contribution in [-0.2, 0) is 10.0 Å². The molecule has 3 rings (SSSR count). The third-order valence-corrected chi connectivity index (χ3v) is 6.05. The summed E-state index contributed by atoms with van der Waals surface area (Å²) in [5, 5.41) is 13.7. The first-order valence-electron chi connectivity index (χ1n) is 9.47. The number of hydrogen-bond donors (Lipinski definition) is 2. The largest absolute Gasteiger partial charge is 0.351 e. The van der Waals surface area contributed by atoms with Crippen LogP contribution < -0.4 is 10.0 Å². The van der Waals surface area contributed by atoms with Gasteiger partial charge in [0.2, 0.25) is 0 Å². The van der Waals surface area contributed by atoms with Crippen LogP contribution in [0.1, 0.15) is 28.8 Å². The summed E-state index contributed by atoms with van der Waals surface area (Å²) in [6.07, 6.45) is 0. The first kappa shape index (κ1) is 22.0. The van der Waals surface area contributed by atoms with E-state index in [9.17, 15) is 23.3 Å². The molecule has 0 spiro atoms. The molecule has 0 saturated heterocycles. The number of non-ortho nitro benzene ring substituents is 1. The minimum atomic E-state index is -4.01. The molecule has 0 aromatic heterocycles. The minimum Gasteiger partial charge on any atom is -0.351 e. The second-order valence-electron chi connectivity index (χ2n) is 6.96. The standard InChI is InChI=1S/C22H21N3O5S/c1-16(17-6-3-2-4-7-17)15-23-22(26)18-10-12-19(13-11-18)24-31(29,30)21-9-5-8-20(14-21)25(27)28/h2-14,16,24H,15H2,1H3,(H,23,26). The van der Waals surface area contributed by atoms with E-state index in [-0.39, 0.29) is 28.1 Å². The van der Waals surface area contributed by atoms with Crippen LogP contribution in [0.4, 0.5) is 11.4 Å². The first-order valence-corrected chi connectivity index (χ1v) is 10.9. The molecule has 0 saturated carbocycles. The monoisotopic (exact) mass is 439 g/mol. The van der Waals surface area contributed by atoms with Crippen LogP contribution >= 0.6 is 0 Å². The lowest BCUT2D eigenvalue weighted by molar-refractivity contribution is -0.385. The van der Waals surface area contributed by atoms with Crippen molar-refractivity contribution < 1.29 is 18.1 Å². The molecule has 3 aromatic carbocycles. The predicted octanol–water partition coefficient (Wildman–Crippen LogP) is 3.93. The molecule has 2 N–H and O–H groups in total. The van der Waals surface area contributed by atoms with Crippen LogP contribution in [0, 0.1) is 10.1 Å². The Morgan fingerprint density at radius 3 is 2.32 bits per heavy atom. The van der Waals surface area contributed by atoms with E-state index in [1.54, 1.807) is 0 Å². The molecule has 0 heterocycles. The fraction of sp³-hybridized carbons (Fsp3) is 0.136. The van der Waals surface area contributed by atoms with E-state index >= 15 is 0 Å². The fourth-order valence-electron chi connectivity index (χ4n) is 2.92. The molecule has 0 radical (unpaired) electrons. The molecule has 160 valence electrons. The van der Waals surface area contributed by atoms with E-state index in [4.69, 9.17) is 0 Å². The van der Waals surface area contributed by atoms with Crippen molar-refractivity contribution in [1.82, 2.24) is 5.32 Å². The van der Waals surface area contributed by atoms with Gasteiger partial charge in [-0.2, -0.15) is 0 Å². The topological polar surface area (TPSA) is 118 Å². The maximum atomic E-state index is 12.5. The van der Waals surface area contributed by atoms with Gasteiger partial charge in [0.15, 0.2) is 0 Å². The van der Waals surface area contributed by atoms with Crippen molar-refractivity contribution in [3.63, 3.8) is 0 Å². The molecule has 0 bridgehead atoms. The van der Waals surface area contributed by atoms with Crippen LogP contribution in [0.3, 0.4) is 0 Å². The second-order valence-corrected chi connectivity index (χ2v) is 8.64. The fourth-order valence-corrected chi connectivity index (χ4v) is 4.01. The number of nitrogens with one attached hydrogen (secondary N) is 2. The van der Waals surface area contributed by atoms with Crippen LogP contribution in [0.5, 0.6) is 0 Å². The van der Waals surface area contributed by atoms with Gasteiger partial charge < -0.3 is 5.32 Å². The zero-order valence-corrected chi connectivity index (χ0v) is 17.5. The van der Waals surface area contributed by atoms with E-state index < -0.39 is 14.9 Å². The second kappa shape index (κ2) is 9.40. The minimum absolute atomic E-state index is 0.145. The number of rotatable bonds is 8. The average molecular weight is 439 g/mol. The third kappa shape index (κ3) is 5.67. The number of sulfonamides is 1. The smallest absolute Gasteiger partial charge is 0.270 e. The van der Waals surface area contributed by atoms with E-state index in [1.165, 1.54) is 42.5 Å². The lowest BCUT2D eigenvalue weighted by atomic mass is 10.0. The zero-order valence-electron chi connectivity index (χ0n) is 16.7. The number of benzene rings is 3. The summed E-state index contributed by atoms with van der Waals surface area (Å²) in [5.41, 5.74) is 1.42. The number of hydrogen-bond acceptors (Lipinski definition) is 5. The van der Waals surface area contributed by atoms with Crippen molar-refractivity contribution in [2.24, 2.45) is 0 Å². The SMILES string of the molecule is CC(CNC(=O)c1ccc(NS(=O)(=O)c2cccc([N+](=O)[O-])c2)cc1)c1ccccc1. The molecule has 1 amide bonds. The van der Waals surface area contributed by atoms with E-state index in [0.717, 1.165) is 11.6 Å². The molecule has 31 heavy (non-hydrogen) atoms.